The zero-order valence-electron chi connectivity index (χ0n) is 9.76. The highest BCUT2D eigenvalue weighted by Crippen LogP contribution is 2.21. The van der Waals surface area contributed by atoms with Crippen molar-refractivity contribution in [3.05, 3.63) is 0 Å². The molecular formula is C12H24S. The van der Waals surface area contributed by atoms with Crippen LogP contribution in [0.1, 0.15) is 53.9 Å². The molecule has 0 aromatic heterocycles. The molecule has 0 heterocycles. The van der Waals surface area contributed by atoms with Crippen molar-refractivity contribution in [2.24, 2.45) is 17.8 Å². The van der Waals surface area contributed by atoms with E-state index in [1.807, 2.05) is 0 Å². The fourth-order valence-electron chi connectivity index (χ4n) is 1.59. The molecule has 0 nitrogen and oxygen atoms in total. The van der Waals surface area contributed by atoms with Gasteiger partial charge in [0.25, 0.3) is 0 Å². The van der Waals surface area contributed by atoms with Gasteiger partial charge in [-0.15, -0.1) is 0 Å². The summed E-state index contributed by atoms with van der Waals surface area (Å²) in [7, 11) is 0. The Morgan fingerprint density at radius 1 is 1.00 bits per heavy atom. The Kier molecular flexibility index (Phi) is 6.58. The lowest BCUT2D eigenvalue weighted by atomic mass is 9.88. The average Bonchev–Trinajstić information content (AvgIpc) is 1.96. The smallest absolute Gasteiger partial charge is 0.00715 e. The van der Waals surface area contributed by atoms with Gasteiger partial charge >= 0.3 is 0 Å². The predicted octanol–water partition coefficient (Wildman–Crippen LogP) is 4.47. The largest absolute Gasteiger partial charge is 0.0897 e. The van der Waals surface area contributed by atoms with Crippen LogP contribution in [0.2, 0.25) is 0 Å². The highest BCUT2D eigenvalue weighted by Gasteiger charge is 2.13. The van der Waals surface area contributed by atoms with E-state index in [1.165, 1.54) is 24.1 Å². The lowest BCUT2D eigenvalue weighted by molar-refractivity contribution is 0.431. The maximum Gasteiger partial charge on any atom is -0.00715 e. The second-order valence-corrected chi connectivity index (χ2v) is 5.55. The second-order valence-electron chi connectivity index (χ2n) is 4.91. The van der Waals surface area contributed by atoms with E-state index in [0.29, 0.717) is 5.92 Å². The Labute approximate surface area is 89.1 Å². The lowest BCUT2D eigenvalue weighted by Crippen LogP contribution is -2.12. The Hall–Kier alpha value is 0.0900. The van der Waals surface area contributed by atoms with Crippen LogP contribution in [0.4, 0.5) is 0 Å². The van der Waals surface area contributed by atoms with Gasteiger partial charge in [-0.3, -0.25) is 0 Å². The summed E-state index contributed by atoms with van der Waals surface area (Å²) in [5, 5.41) is 0. The van der Waals surface area contributed by atoms with Gasteiger partial charge in [0.05, 0.1) is 0 Å². The molecule has 78 valence electrons. The molecule has 1 atom stereocenters. The molecule has 0 aliphatic heterocycles. The van der Waals surface area contributed by atoms with Gasteiger partial charge in [0, 0.05) is 0 Å². The van der Waals surface area contributed by atoms with Crippen LogP contribution in [0.3, 0.4) is 0 Å². The Bertz CT molecular complexity index is 147. The summed E-state index contributed by atoms with van der Waals surface area (Å²) in [6, 6.07) is 0. The number of hydrogen-bond acceptors (Lipinski definition) is 1. The Morgan fingerprint density at radius 2 is 1.54 bits per heavy atom. The van der Waals surface area contributed by atoms with E-state index < -0.39 is 0 Å². The topological polar surface area (TPSA) is 0 Å². The van der Waals surface area contributed by atoms with Gasteiger partial charge in [-0.25, -0.2) is 0 Å². The molecule has 0 rings (SSSR count). The van der Waals surface area contributed by atoms with Gasteiger partial charge in [-0.2, -0.15) is 0 Å². The normalized spacial score (nSPS) is 13.8. The summed E-state index contributed by atoms with van der Waals surface area (Å²) >= 11 is 5.29. The van der Waals surface area contributed by atoms with Gasteiger partial charge in [-0.1, -0.05) is 46.3 Å². The van der Waals surface area contributed by atoms with E-state index in [9.17, 15) is 0 Å². The molecule has 0 saturated heterocycles. The molecule has 0 aromatic rings. The summed E-state index contributed by atoms with van der Waals surface area (Å²) in [6.45, 7) is 11.2. The fourth-order valence-corrected chi connectivity index (χ4v) is 1.80. The third kappa shape index (κ3) is 7.18. The number of rotatable bonds is 6. The summed E-state index contributed by atoms with van der Waals surface area (Å²) in [4.78, 5) is 1.20. The zero-order chi connectivity index (χ0) is 10.4. The SMILES string of the molecule is CC(=S)C(CCC(C)C)CC(C)C. The van der Waals surface area contributed by atoms with Crippen molar-refractivity contribution in [3.63, 3.8) is 0 Å². The molecule has 13 heavy (non-hydrogen) atoms. The van der Waals surface area contributed by atoms with Crippen molar-refractivity contribution in [3.8, 4) is 0 Å². The molecule has 0 fully saturated rings. The third-order valence-corrected chi connectivity index (χ3v) is 2.76. The van der Waals surface area contributed by atoms with E-state index in [0.717, 1.165) is 11.8 Å². The molecule has 0 amide bonds. The van der Waals surface area contributed by atoms with Gasteiger partial charge in [0.15, 0.2) is 0 Å². The molecule has 0 radical (unpaired) electrons. The lowest BCUT2D eigenvalue weighted by Gasteiger charge is -2.18. The highest BCUT2D eigenvalue weighted by molar-refractivity contribution is 7.80. The van der Waals surface area contributed by atoms with Crippen molar-refractivity contribution in [1.29, 1.82) is 0 Å². The first-order valence-electron chi connectivity index (χ1n) is 5.44. The van der Waals surface area contributed by atoms with E-state index in [4.69, 9.17) is 12.2 Å². The molecule has 0 saturated carbocycles. The van der Waals surface area contributed by atoms with Crippen LogP contribution in [-0.2, 0) is 0 Å². The van der Waals surface area contributed by atoms with Crippen LogP contribution in [-0.4, -0.2) is 4.86 Å². The minimum absolute atomic E-state index is 0.678. The highest BCUT2D eigenvalue weighted by atomic mass is 32.1. The Morgan fingerprint density at radius 3 is 1.85 bits per heavy atom. The molecule has 1 heteroatoms. The first-order chi connectivity index (χ1) is 5.93. The van der Waals surface area contributed by atoms with Crippen LogP contribution in [0.15, 0.2) is 0 Å². The van der Waals surface area contributed by atoms with E-state index in [2.05, 4.69) is 34.6 Å². The standard InChI is InChI=1S/C12H24S/c1-9(2)6-7-12(11(5)13)8-10(3)4/h9-10,12H,6-8H2,1-5H3. The molecule has 0 aliphatic carbocycles. The molecule has 0 bridgehead atoms. The van der Waals surface area contributed by atoms with Crippen molar-refractivity contribution in [1.82, 2.24) is 0 Å². The number of hydrogen-bond donors (Lipinski definition) is 0. The number of thiocarbonyl (C=S) groups is 1. The quantitative estimate of drug-likeness (QED) is 0.570. The molecule has 1 unspecified atom stereocenters. The monoisotopic (exact) mass is 200 g/mol. The summed E-state index contributed by atoms with van der Waals surface area (Å²) in [5.74, 6) is 2.26. The average molecular weight is 200 g/mol. The van der Waals surface area contributed by atoms with Crippen molar-refractivity contribution < 1.29 is 0 Å². The first-order valence-corrected chi connectivity index (χ1v) is 5.84. The molecule has 0 aromatic carbocycles. The minimum Gasteiger partial charge on any atom is -0.0897 e. The van der Waals surface area contributed by atoms with Crippen molar-refractivity contribution in [2.45, 2.75) is 53.9 Å². The van der Waals surface area contributed by atoms with E-state index >= 15 is 0 Å². The van der Waals surface area contributed by atoms with Crippen LogP contribution in [0.25, 0.3) is 0 Å². The zero-order valence-corrected chi connectivity index (χ0v) is 10.6. The summed E-state index contributed by atoms with van der Waals surface area (Å²) < 4.78 is 0. The van der Waals surface area contributed by atoms with Crippen molar-refractivity contribution >= 4 is 17.1 Å². The first kappa shape index (κ1) is 13.1. The third-order valence-electron chi connectivity index (χ3n) is 2.42. The molecule has 0 N–H and O–H groups in total. The van der Waals surface area contributed by atoms with Crippen molar-refractivity contribution in [2.75, 3.05) is 0 Å². The van der Waals surface area contributed by atoms with E-state index in [1.54, 1.807) is 0 Å². The maximum atomic E-state index is 5.29. The van der Waals surface area contributed by atoms with Crippen LogP contribution >= 0.6 is 12.2 Å². The van der Waals surface area contributed by atoms with Crippen LogP contribution in [0.5, 0.6) is 0 Å². The maximum absolute atomic E-state index is 5.29. The van der Waals surface area contributed by atoms with Crippen LogP contribution in [0, 0.1) is 17.8 Å². The van der Waals surface area contributed by atoms with Gasteiger partial charge in [-0.05, 0) is 42.4 Å². The van der Waals surface area contributed by atoms with Gasteiger partial charge in [0.2, 0.25) is 0 Å². The van der Waals surface area contributed by atoms with Gasteiger partial charge < -0.3 is 0 Å². The minimum atomic E-state index is 0.678. The van der Waals surface area contributed by atoms with Gasteiger partial charge in [0.1, 0.15) is 0 Å². The predicted molar refractivity (Wildman–Crippen MR) is 65.3 cm³/mol. The molecule has 0 spiro atoms. The molecular weight excluding hydrogens is 176 g/mol. The summed E-state index contributed by atoms with van der Waals surface area (Å²) in [6.07, 6.45) is 3.86. The molecule has 0 aliphatic rings. The second kappa shape index (κ2) is 6.53. The Balaban J connectivity index is 3.88. The fraction of sp³-hybridized carbons (Fsp3) is 0.917. The van der Waals surface area contributed by atoms with E-state index in [-0.39, 0.29) is 0 Å². The summed E-state index contributed by atoms with van der Waals surface area (Å²) in [5.41, 5.74) is 0. The van der Waals surface area contributed by atoms with Crippen LogP contribution < -0.4 is 0 Å².